The van der Waals surface area contributed by atoms with Crippen molar-refractivity contribution in [1.29, 1.82) is 0 Å². The smallest absolute Gasteiger partial charge is 0.340 e. The fourth-order valence-corrected chi connectivity index (χ4v) is 3.97. The first-order valence-electron chi connectivity index (χ1n) is 10.3. The lowest BCUT2D eigenvalue weighted by Crippen LogP contribution is -2.23. The molecule has 3 rings (SSSR count). The van der Waals surface area contributed by atoms with E-state index in [4.69, 9.17) is 19.3 Å². The second-order valence-electron chi connectivity index (χ2n) is 7.36. The molecule has 0 amide bonds. The number of ketones is 1. The highest BCUT2D eigenvalue weighted by atomic mass is 32.2. The van der Waals surface area contributed by atoms with E-state index in [9.17, 15) is 18.0 Å². The number of fused-ring (bicyclic) bond motifs is 1. The lowest BCUT2D eigenvalue weighted by molar-refractivity contribution is 0.0475. The van der Waals surface area contributed by atoms with Crippen LogP contribution in [0.3, 0.4) is 0 Å². The van der Waals surface area contributed by atoms with Gasteiger partial charge in [0.25, 0.3) is 0 Å². The van der Waals surface area contributed by atoms with Crippen molar-refractivity contribution in [2.24, 2.45) is 0 Å². The van der Waals surface area contributed by atoms with Crippen LogP contribution in [0.1, 0.15) is 27.1 Å². The number of esters is 1. The zero-order chi connectivity index (χ0) is 24.0. The molecular weight excluding hydrogens is 452 g/mol. The standard InChI is InChI=1S/C22H26N2O8S/c1-24(2)33(28,29)16-5-6-18(23-8-9-25)17(13-16)22(27)32-14-19(26)15-4-7-20-21(12-15)31-11-3-10-30-20/h4-7,12-13,23,25H,3,8-11,14H2,1-2H3. The van der Waals surface area contributed by atoms with Gasteiger partial charge >= 0.3 is 5.97 Å². The Labute approximate surface area is 192 Å². The summed E-state index contributed by atoms with van der Waals surface area (Å²) in [6, 6.07) is 8.65. The first-order chi connectivity index (χ1) is 15.7. The number of benzene rings is 2. The molecule has 1 aliphatic rings. The predicted molar refractivity (Wildman–Crippen MR) is 120 cm³/mol. The van der Waals surface area contributed by atoms with Gasteiger partial charge in [-0.25, -0.2) is 17.5 Å². The Bertz CT molecular complexity index is 1130. The summed E-state index contributed by atoms with van der Waals surface area (Å²) in [6.45, 7) is 0.371. The number of aliphatic hydroxyl groups is 1. The molecule has 0 unspecified atom stereocenters. The Morgan fingerprint density at radius 1 is 1.09 bits per heavy atom. The molecule has 1 heterocycles. The molecule has 2 N–H and O–H groups in total. The summed E-state index contributed by atoms with van der Waals surface area (Å²) in [5, 5.41) is 11.9. The molecule has 0 aliphatic carbocycles. The topological polar surface area (TPSA) is 131 Å². The number of rotatable bonds is 9. The fourth-order valence-electron chi connectivity index (χ4n) is 3.04. The normalized spacial score (nSPS) is 13.3. The number of nitrogens with zero attached hydrogens (tertiary/aromatic N) is 1. The fraction of sp³-hybridized carbons (Fsp3) is 0.364. The predicted octanol–water partition coefficient (Wildman–Crippen LogP) is 1.54. The minimum Gasteiger partial charge on any atom is -0.490 e. The van der Waals surface area contributed by atoms with Gasteiger partial charge in [-0.3, -0.25) is 4.79 Å². The lowest BCUT2D eigenvalue weighted by atomic mass is 10.1. The molecule has 1 aliphatic heterocycles. The molecule has 0 atom stereocenters. The van der Waals surface area contributed by atoms with Crippen molar-refractivity contribution >= 4 is 27.5 Å². The van der Waals surface area contributed by atoms with Gasteiger partial charge in [0.1, 0.15) is 0 Å². The number of sulfonamides is 1. The number of Topliss-reactive ketones (excluding diaryl/α,β-unsaturated/α-hetero) is 1. The molecule has 11 heteroatoms. The first kappa shape index (κ1) is 24.5. The molecule has 10 nitrogen and oxygen atoms in total. The molecule has 2 aromatic rings. The number of aliphatic hydroxyl groups excluding tert-OH is 1. The molecule has 0 aromatic heterocycles. The maximum Gasteiger partial charge on any atom is 0.340 e. The van der Waals surface area contributed by atoms with E-state index in [1.54, 1.807) is 12.1 Å². The summed E-state index contributed by atoms with van der Waals surface area (Å²) in [5.74, 6) is -0.351. The molecule has 2 aromatic carbocycles. The zero-order valence-electron chi connectivity index (χ0n) is 18.4. The van der Waals surface area contributed by atoms with E-state index in [0.29, 0.717) is 24.7 Å². The van der Waals surface area contributed by atoms with E-state index >= 15 is 0 Å². The van der Waals surface area contributed by atoms with Gasteiger partial charge in [0.05, 0.1) is 30.3 Å². The number of carbonyl (C=O) groups excluding carboxylic acids is 2. The number of hydrogen-bond donors (Lipinski definition) is 2. The van der Waals surface area contributed by atoms with Gasteiger partial charge in [0, 0.05) is 38.3 Å². The third-order valence-corrected chi connectivity index (χ3v) is 6.63. The summed E-state index contributed by atoms with van der Waals surface area (Å²) in [5.41, 5.74) is 0.488. The molecule has 178 valence electrons. The summed E-state index contributed by atoms with van der Waals surface area (Å²) in [7, 11) is -1.05. The molecular formula is C22H26N2O8S. The van der Waals surface area contributed by atoms with Crippen LogP contribution in [0.4, 0.5) is 5.69 Å². The molecule has 0 saturated heterocycles. The van der Waals surface area contributed by atoms with Crippen LogP contribution in [0.15, 0.2) is 41.3 Å². The Balaban J connectivity index is 1.78. The van der Waals surface area contributed by atoms with Crippen LogP contribution in [0, 0.1) is 0 Å². The quantitative estimate of drug-likeness (QED) is 0.407. The number of nitrogens with one attached hydrogen (secondary N) is 1. The van der Waals surface area contributed by atoms with Crippen molar-refractivity contribution in [1.82, 2.24) is 4.31 Å². The minimum atomic E-state index is -3.80. The molecule has 0 radical (unpaired) electrons. The van der Waals surface area contributed by atoms with Crippen LogP contribution in [0.5, 0.6) is 11.5 Å². The van der Waals surface area contributed by atoms with Gasteiger partial charge < -0.3 is 24.6 Å². The molecule has 33 heavy (non-hydrogen) atoms. The Kier molecular flexibility index (Phi) is 7.90. The van der Waals surface area contributed by atoms with Crippen LogP contribution in [-0.4, -0.2) is 76.6 Å². The van der Waals surface area contributed by atoms with Crippen molar-refractivity contribution in [3.63, 3.8) is 0 Å². The molecule has 0 spiro atoms. The maximum absolute atomic E-state index is 12.8. The van der Waals surface area contributed by atoms with Crippen LogP contribution in [0.2, 0.25) is 0 Å². The summed E-state index contributed by atoms with van der Waals surface area (Å²) >= 11 is 0. The molecule has 0 bridgehead atoms. The van der Waals surface area contributed by atoms with Gasteiger partial charge in [-0.15, -0.1) is 0 Å². The van der Waals surface area contributed by atoms with Crippen LogP contribution < -0.4 is 14.8 Å². The van der Waals surface area contributed by atoms with E-state index in [1.165, 1.54) is 38.4 Å². The number of hydrogen-bond acceptors (Lipinski definition) is 9. The van der Waals surface area contributed by atoms with Gasteiger partial charge in [0.15, 0.2) is 23.9 Å². The minimum absolute atomic E-state index is 0.0714. The highest BCUT2D eigenvalue weighted by molar-refractivity contribution is 7.89. The third kappa shape index (κ3) is 5.81. The number of ether oxygens (including phenoxy) is 3. The SMILES string of the molecule is CN(C)S(=O)(=O)c1ccc(NCCO)c(C(=O)OCC(=O)c2ccc3c(c2)OCCCO3)c1. The lowest BCUT2D eigenvalue weighted by Gasteiger charge is -2.15. The third-order valence-electron chi connectivity index (χ3n) is 4.82. The summed E-state index contributed by atoms with van der Waals surface area (Å²) < 4.78 is 42.3. The van der Waals surface area contributed by atoms with Crippen LogP contribution in [-0.2, 0) is 14.8 Å². The maximum atomic E-state index is 12.8. The van der Waals surface area contributed by atoms with E-state index in [0.717, 1.165) is 10.7 Å². The summed E-state index contributed by atoms with van der Waals surface area (Å²) in [4.78, 5) is 25.3. The van der Waals surface area contributed by atoms with Gasteiger partial charge in [-0.05, 0) is 36.4 Å². The monoisotopic (exact) mass is 478 g/mol. The van der Waals surface area contributed by atoms with E-state index < -0.39 is 28.4 Å². The van der Waals surface area contributed by atoms with Gasteiger partial charge in [0.2, 0.25) is 10.0 Å². The second kappa shape index (κ2) is 10.6. The second-order valence-corrected chi connectivity index (χ2v) is 9.51. The van der Waals surface area contributed by atoms with Crippen molar-refractivity contribution < 1.29 is 37.3 Å². The van der Waals surface area contributed by atoms with Crippen molar-refractivity contribution in [2.75, 3.05) is 52.4 Å². The largest absolute Gasteiger partial charge is 0.490 e. The van der Waals surface area contributed by atoms with E-state index in [2.05, 4.69) is 5.32 Å². The zero-order valence-corrected chi connectivity index (χ0v) is 19.2. The van der Waals surface area contributed by atoms with Crippen LogP contribution in [0.25, 0.3) is 0 Å². The van der Waals surface area contributed by atoms with Gasteiger partial charge in [-0.2, -0.15) is 0 Å². The van der Waals surface area contributed by atoms with Crippen molar-refractivity contribution in [3.8, 4) is 11.5 Å². The van der Waals surface area contributed by atoms with Gasteiger partial charge in [-0.1, -0.05) is 0 Å². The van der Waals surface area contributed by atoms with E-state index in [1.807, 2.05) is 0 Å². The average Bonchev–Trinajstić information content (AvgIpc) is 3.05. The number of anilines is 1. The van der Waals surface area contributed by atoms with Crippen molar-refractivity contribution in [2.45, 2.75) is 11.3 Å². The van der Waals surface area contributed by atoms with E-state index in [-0.39, 0.29) is 34.9 Å². The number of carbonyl (C=O) groups is 2. The van der Waals surface area contributed by atoms with Crippen LogP contribution >= 0.6 is 0 Å². The summed E-state index contributed by atoms with van der Waals surface area (Å²) in [6.07, 6.45) is 0.727. The van der Waals surface area contributed by atoms with Crippen molar-refractivity contribution in [3.05, 3.63) is 47.5 Å². The Hall–Kier alpha value is -3.15. The Morgan fingerprint density at radius 3 is 2.52 bits per heavy atom. The first-order valence-corrected chi connectivity index (χ1v) is 11.7. The molecule has 0 fully saturated rings. The highest BCUT2D eigenvalue weighted by Crippen LogP contribution is 2.30. The Morgan fingerprint density at radius 2 is 1.82 bits per heavy atom. The highest BCUT2D eigenvalue weighted by Gasteiger charge is 2.23. The average molecular weight is 479 g/mol. The molecule has 0 saturated carbocycles.